The number of hydrogen-bond donors (Lipinski definition) is 1. The Morgan fingerprint density at radius 2 is 1.74 bits per heavy atom. The summed E-state index contributed by atoms with van der Waals surface area (Å²) in [5.74, 6) is -0.429. The number of hydrogen-bond acceptors (Lipinski definition) is 3. The lowest BCUT2D eigenvalue weighted by molar-refractivity contribution is -0.386. The van der Waals surface area contributed by atoms with Gasteiger partial charge in [-0.15, -0.1) is 0 Å². The summed E-state index contributed by atoms with van der Waals surface area (Å²) in [7, 11) is 0. The number of nitro benzene ring substituents is 1. The maximum Gasteiger partial charge on any atom is 0.275 e. The van der Waals surface area contributed by atoms with Gasteiger partial charge in [0.2, 0.25) is 0 Å². The quantitative estimate of drug-likeness (QED) is 0.682. The van der Waals surface area contributed by atoms with Crippen molar-refractivity contribution in [3.8, 4) is 0 Å². The number of aliphatic hydroxyl groups is 1. The molecule has 1 unspecified atom stereocenters. The topological polar surface area (TPSA) is 63.4 Å². The largest absolute Gasteiger partial charge is 0.380 e. The number of rotatable bonds is 3. The molecule has 2 aromatic rings. The van der Waals surface area contributed by atoms with Crippen LogP contribution < -0.4 is 0 Å². The van der Waals surface area contributed by atoms with E-state index in [1.807, 2.05) is 0 Å². The van der Waals surface area contributed by atoms with E-state index in [1.54, 1.807) is 6.07 Å². The van der Waals surface area contributed by atoms with Crippen molar-refractivity contribution in [3.05, 3.63) is 75.6 Å². The van der Waals surface area contributed by atoms with Gasteiger partial charge in [-0.25, -0.2) is 4.39 Å². The molecule has 0 aliphatic heterocycles. The number of benzene rings is 2. The van der Waals surface area contributed by atoms with Crippen LogP contribution in [0.3, 0.4) is 0 Å². The predicted octanol–water partition coefficient (Wildman–Crippen LogP) is 2.99. The second-order valence-corrected chi connectivity index (χ2v) is 4.35. The van der Waals surface area contributed by atoms with Crippen LogP contribution in [-0.2, 0) is 5.60 Å². The molecule has 0 spiro atoms. The average Bonchev–Trinajstić information content (AvgIpc) is 2.39. The Morgan fingerprint density at radius 3 is 2.32 bits per heavy atom. The van der Waals surface area contributed by atoms with Gasteiger partial charge in [0.25, 0.3) is 5.69 Å². The number of nitro groups is 1. The fourth-order valence-corrected chi connectivity index (χ4v) is 1.97. The first kappa shape index (κ1) is 13.2. The second kappa shape index (κ2) is 4.78. The highest BCUT2D eigenvalue weighted by molar-refractivity contribution is 5.48. The van der Waals surface area contributed by atoms with Gasteiger partial charge in [-0.05, 0) is 30.7 Å². The van der Waals surface area contributed by atoms with Gasteiger partial charge >= 0.3 is 0 Å². The summed E-state index contributed by atoms with van der Waals surface area (Å²) in [5, 5.41) is 21.5. The Bertz CT molecular complexity index is 608. The third kappa shape index (κ3) is 2.46. The Hall–Kier alpha value is -2.27. The van der Waals surface area contributed by atoms with E-state index < -0.39 is 16.3 Å². The lowest BCUT2D eigenvalue weighted by Gasteiger charge is -2.24. The van der Waals surface area contributed by atoms with Crippen LogP contribution in [0.1, 0.15) is 18.1 Å². The fraction of sp³-hybridized carbons (Fsp3) is 0.143. The Balaban J connectivity index is 2.56. The molecule has 0 saturated heterocycles. The molecule has 2 aromatic carbocycles. The molecule has 1 atom stereocenters. The summed E-state index contributed by atoms with van der Waals surface area (Å²) >= 11 is 0. The summed E-state index contributed by atoms with van der Waals surface area (Å²) in [5.41, 5.74) is -1.16. The van der Waals surface area contributed by atoms with Crippen molar-refractivity contribution in [2.24, 2.45) is 0 Å². The van der Waals surface area contributed by atoms with Gasteiger partial charge in [-0.1, -0.05) is 24.3 Å². The molecule has 0 bridgehead atoms. The molecule has 1 N–H and O–H groups in total. The number of para-hydroxylation sites is 1. The van der Waals surface area contributed by atoms with E-state index in [0.717, 1.165) is 0 Å². The minimum absolute atomic E-state index is 0.170. The van der Waals surface area contributed by atoms with Gasteiger partial charge < -0.3 is 5.11 Å². The molecular weight excluding hydrogens is 249 g/mol. The van der Waals surface area contributed by atoms with E-state index >= 15 is 0 Å². The van der Waals surface area contributed by atoms with Crippen LogP contribution in [0, 0.1) is 15.9 Å². The summed E-state index contributed by atoms with van der Waals surface area (Å²) in [6.07, 6.45) is 0. The molecule has 0 aliphatic carbocycles. The van der Waals surface area contributed by atoms with E-state index in [-0.39, 0.29) is 11.3 Å². The average molecular weight is 261 g/mol. The maximum absolute atomic E-state index is 12.9. The van der Waals surface area contributed by atoms with E-state index in [0.29, 0.717) is 5.56 Å². The predicted molar refractivity (Wildman–Crippen MR) is 68.2 cm³/mol. The molecule has 0 fully saturated rings. The van der Waals surface area contributed by atoms with E-state index in [4.69, 9.17) is 0 Å². The van der Waals surface area contributed by atoms with Gasteiger partial charge in [-0.3, -0.25) is 10.1 Å². The molecule has 5 heteroatoms. The van der Waals surface area contributed by atoms with Crippen LogP contribution in [0.5, 0.6) is 0 Å². The van der Waals surface area contributed by atoms with Gasteiger partial charge in [0, 0.05) is 6.07 Å². The summed E-state index contributed by atoms with van der Waals surface area (Å²) in [4.78, 5) is 10.4. The van der Waals surface area contributed by atoms with Crippen LogP contribution in [0.25, 0.3) is 0 Å². The number of halogens is 1. The van der Waals surface area contributed by atoms with Crippen LogP contribution in [0.15, 0.2) is 48.5 Å². The van der Waals surface area contributed by atoms with E-state index in [2.05, 4.69) is 0 Å². The minimum Gasteiger partial charge on any atom is -0.380 e. The highest BCUT2D eigenvalue weighted by atomic mass is 19.1. The van der Waals surface area contributed by atoms with Crippen molar-refractivity contribution in [1.29, 1.82) is 0 Å². The SMILES string of the molecule is CC(O)(c1ccc(F)cc1)c1ccccc1[N+](=O)[O-]. The molecule has 0 heterocycles. The van der Waals surface area contributed by atoms with Crippen LogP contribution in [0.2, 0.25) is 0 Å². The molecule has 0 saturated carbocycles. The molecule has 0 radical (unpaired) electrons. The molecule has 19 heavy (non-hydrogen) atoms. The lowest BCUT2D eigenvalue weighted by atomic mass is 9.87. The van der Waals surface area contributed by atoms with Crippen molar-refractivity contribution < 1.29 is 14.4 Å². The Kier molecular flexibility index (Phi) is 3.31. The molecule has 98 valence electrons. The third-order valence-electron chi connectivity index (χ3n) is 3.03. The molecule has 0 aromatic heterocycles. The molecule has 0 amide bonds. The minimum atomic E-state index is -1.56. The Morgan fingerprint density at radius 1 is 1.16 bits per heavy atom. The van der Waals surface area contributed by atoms with Crippen LogP contribution in [-0.4, -0.2) is 10.0 Å². The van der Waals surface area contributed by atoms with Crippen molar-refractivity contribution in [3.63, 3.8) is 0 Å². The third-order valence-corrected chi connectivity index (χ3v) is 3.03. The van der Waals surface area contributed by atoms with Crippen LogP contribution in [0.4, 0.5) is 10.1 Å². The van der Waals surface area contributed by atoms with Gasteiger partial charge in [0.1, 0.15) is 11.4 Å². The van der Waals surface area contributed by atoms with Crippen LogP contribution >= 0.6 is 0 Å². The normalized spacial score (nSPS) is 13.8. The standard InChI is InChI=1S/C14H12FNO3/c1-14(17,10-6-8-11(15)9-7-10)12-4-2-3-5-13(12)16(18)19/h2-9,17H,1H3. The summed E-state index contributed by atoms with van der Waals surface area (Å²) in [6, 6.07) is 11.2. The Labute approximate surface area is 109 Å². The second-order valence-electron chi connectivity index (χ2n) is 4.35. The zero-order valence-electron chi connectivity index (χ0n) is 10.2. The van der Waals surface area contributed by atoms with Gasteiger partial charge in [0.15, 0.2) is 0 Å². The first-order valence-electron chi connectivity index (χ1n) is 5.65. The first-order valence-corrected chi connectivity index (χ1v) is 5.65. The zero-order valence-corrected chi connectivity index (χ0v) is 10.2. The number of nitrogens with zero attached hydrogens (tertiary/aromatic N) is 1. The smallest absolute Gasteiger partial charge is 0.275 e. The highest BCUT2D eigenvalue weighted by Crippen LogP contribution is 2.34. The van der Waals surface area contributed by atoms with E-state index in [9.17, 15) is 19.6 Å². The molecule has 4 nitrogen and oxygen atoms in total. The van der Waals surface area contributed by atoms with E-state index in [1.165, 1.54) is 49.4 Å². The van der Waals surface area contributed by atoms with Crippen molar-refractivity contribution in [2.75, 3.05) is 0 Å². The molecule has 2 rings (SSSR count). The zero-order chi connectivity index (χ0) is 14.0. The van der Waals surface area contributed by atoms with Gasteiger partial charge in [-0.2, -0.15) is 0 Å². The molecule has 0 aliphatic rings. The highest BCUT2D eigenvalue weighted by Gasteiger charge is 2.32. The fourth-order valence-electron chi connectivity index (χ4n) is 1.97. The summed E-state index contributed by atoms with van der Waals surface area (Å²) < 4.78 is 12.9. The van der Waals surface area contributed by atoms with Crippen molar-refractivity contribution in [1.82, 2.24) is 0 Å². The van der Waals surface area contributed by atoms with Crippen molar-refractivity contribution >= 4 is 5.69 Å². The monoisotopic (exact) mass is 261 g/mol. The first-order chi connectivity index (χ1) is 8.93. The van der Waals surface area contributed by atoms with Crippen molar-refractivity contribution in [2.45, 2.75) is 12.5 Å². The van der Waals surface area contributed by atoms with Gasteiger partial charge in [0.05, 0.1) is 10.5 Å². The maximum atomic E-state index is 12.9. The summed E-state index contributed by atoms with van der Waals surface area (Å²) in [6.45, 7) is 1.45. The molecular formula is C14H12FNO3. The lowest BCUT2D eigenvalue weighted by Crippen LogP contribution is -2.24.